The smallest absolute Gasteiger partial charge is 0.378 e. The minimum absolute atomic E-state index is 0.198. The fourth-order valence-corrected chi connectivity index (χ4v) is 11.4. The van der Waals surface area contributed by atoms with Crippen molar-refractivity contribution < 1.29 is 27.1 Å². The summed E-state index contributed by atoms with van der Waals surface area (Å²) in [6.07, 6.45) is -0.728. The minimum atomic E-state index is -3.54. The van der Waals surface area contributed by atoms with Gasteiger partial charge >= 0.3 is 24.7 Å². The summed E-state index contributed by atoms with van der Waals surface area (Å²) in [6.45, 7) is 11.7. The predicted molar refractivity (Wildman–Crippen MR) is 233 cm³/mol. The summed E-state index contributed by atoms with van der Waals surface area (Å²) in [4.78, 5) is 3.52. The first-order valence-corrected chi connectivity index (χ1v) is 22.6. The molecule has 0 amide bonds. The Morgan fingerprint density at radius 1 is 0.429 bits per heavy atom. The number of hydrogen-bond acceptors (Lipinski definition) is 7. The van der Waals surface area contributed by atoms with Gasteiger partial charge < -0.3 is 22.6 Å². The summed E-state index contributed by atoms with van der Waals surface area (Å²) >= 11 is 0. The van der Waals surface area contributed by atoms with Crippen molar-refractivity contribution >= 4 is 24.7 Å². The molecule has 0 bridgehead atoms. The second-order valence-corrected chi connectivity index (χ2v) is 18.3. The lowest BCUT2D eigenvalue weighted by Gasteiger charge is -2.31. The predicted octanol–water partition coefficient (Wildman–Crippen LogP) is 14.5. The molecule has 290 valence electrons. The molecule has 0 saturated carbocycles. The number of benzene rings is 6. The first-order chi connectivity index (χ1) is 27.1. The zero-order chi connectivity index (χ0) is 39.3. The van der Waals surface area contributed by atoms with Crippen LogP contribution in [0.15, 0.2) is 168 Å². The van der Waals surface area contributed by atoms with E-state index in [0.29, 0.717) is 17.2 Å². The van der Waals surface area contributed by atoms with Crippen molar-refractivity contribution in [3.8, 4) is 50.6 Å². The Morgan fingerprint density at radius 3 is 1.20 bits per heavy atom. The van der Waals surface area contributed by atoms with Gasteiger partial charge in [0.15, 0.2) is 0 Å². The lowest BCUT2D eigenvalue weighted by molar-refractivity contribution is 0.222. The van der Waals surface area contributed by atoms with Crippen molar-refractivity contribution in [2.24, 2.45) is 4.52 Å². The van der Waals surface area contributed by atoms with E-state index in [-0.39, 0.29) is 18.3 Å². The average molecular weight is 807 g/mol. The highest BCUT2D eigenvalue weighted by Crippen LogP contribution is 2.63. The van der Waals surface area contributed by atoms with E-state index in [9.17, 15) is 0 Å². The van der Waals surface area contributed by atoms with E-state index in [1.807, 2.05) is 169 Å². The average Bonchev–Trinajstić information content (AvgIpc) is 3.19. The van der Waals surface area contributed by atoms with Crippen molar-refractivity contribution in [2.45, 2.75) is 59.9 Å². The summed E-state index contributed by atoms with van der Waals surface area (Å²) in [5.74, 6) is 1.77. The van der Waals surface area contributed by atoms with Gasteiger partial charge in [0.1, 0.15) is 17.2 Å². The van der Waals surface area contributed by atoms with Gasteiger partial charge in [0.05, 0.1) is 18.3 Å². The fourth-order valence-electron chi connectivity index (χ4n) is 5.45. The zero-order valence-corrected chi connectivity index (χ0v) is 35.2. The molecule has 8 nitrogen and oxygen atoms in total. The molecule has 6 rings (SSSR count). The number of hydrogen-bond donors (Lipinski definition) is 1. The Hall–Kier alpha value is -4.35. The van der Waals surface area contributed by atoms with Crippen LogP contribution in [-0.4, -0.2) is 18.3 Å². The van der Waals surface area contributed by atoms with Gasteiger partial charge in [-0.1, -0.05) is 127 Å². The van der Waals surface area contributed by atoms with Crippen LogP contribution in [0.2, 0.25) is 0 Å². The molecule has 3 unspecified atom stereocenters. The van der Waals surface area contributed by atoms with Gasteiger partial charge in [-0.25, -0.2) is 0 Å². The molecule has 0 heterocycles. The molecule has 0 aromatic heterocycles. The second kappa shape index (κ2) is 20.2. The third kappa shape index (κ3) is 12.3. The normalized spacial score (nSPS) is 13.6. The van der Waals surface area contributed by atoms with Gasteiger partial charge in [0.2, 0.25) is 0 Å². The Morgan fingerprint density at radius 2 is 0.804 bits per heavy atom. The molecule has 0 aliphatic carbocycles. The Kier molecular flexibility index (Phi) is 14.9. The Balaban J connectivity index is 1.37. The van der Waals surface area contributed by atoms with E-state index in [1.165, 1.54) is 0 Å². The molecule has 0 radical (unpaired) electrons. The topological polar surface area (TPSA) is 79.8 Å². The molecule has 0 saturated heterocycles. The van der Waals surface area contributed by atoms with Crippen LogP contribution in [0, 0.1) is 0 Å². The van der Waals surface area contributed by atoms with Crippen LogP contribution in [0.3, 0.4) is 0 Å². The van der Waals surface area contributed by atoms with Crippen molar-refractivity contribution in [2.75, 3.05) is 0 Å². The largest absolute Gasteiger partial charge is 0.436 e. The molecular weight excluding hydrogens is 757 g/mol. The summed E-state index contributed by atoms with van der Waals surface area (Å²) < 4.78 is 44.7. The maximum atomic E-state index is 6.88. The third-order valence-corrected chi connectivity index (χ3v) is 14.2. The lowest BCUT2D eigenvalue weighted by atomic mass is 10.1. The van der Waals surface area contributed by atoms with Crippen LogP contribution in [0.25, 0.3) is 33.4 Å². The summed E-state index contributed by atoms with van der Waals surface area (Å²) in [7, 11) is -7.40. The van der Waals surface area contributed by atoms with E-state index in [0.717, 1.165) is 33.4 Å². The highest BCUT2D eigenvalue weighted by atomic mass is 31.3. The first-order valence-electron chi connectivity index (χ1n) is 18.7. The van der Waals surface area contributed by atoms with Gasteiger partial charge in [0.25, 0.3) is 0 Å². The Bertz CT molecular complexity index is 2120. The minimum Gasteiger partial charge on any atom is -0.436 e. The van der Waals surface area contributed by atoms with Crippen LogP contribution in [-0.2, 0) is 13.6 Å². The molecule has 3 atom stereocenters. The van der Waals surface area contributed by atoms with Crippen molar-refractivity contribution in [3.63, 3.8) is 0 Å². The lowest BCUT2D eigenvalue weighted by Crippen LogP contribution is -2.20. The molecule has 0 fully saturated rings. The molecule has 6 aromatic carbocycles. The fraction of sp³-hybridized carbons (Fsp3) is 0.200. The van der Waals surface area contributed by atoms with Crippen molar-refractivity contribution in [3.05, 3.63) is 164 Å². The standard InChI is InChI=1S/C45H49N2O6P3/c1-34(2)48-54(50-43-28-22-40(23-29-43)37-16-10-7-11-17-37)46-56(52-36(5)6,53-45-32-26-42(27-33-45)39-20-14-9-15-21-39)47-55(49-35(3)4)51-44-30-24-41(25-31-44)38-18-12-8-13-19-38/h7-36,46H,1-6H3. The van der Waals surface area contributed by atoms with Crippen LogP contribution in [0.5, 0.6) is 17.2 Å². The van der Waals surface area contributed by atoms with Crippen molar-refractivity contribution in [1.29, 1.82) is 0 Å². The number of rotatable bonds is 18. The van der Waals surface area contributed by atoms with Crippen LogP contribution >= 0.6 is 24.7 Å². The molecule has 56 heavy (non-hydrogen) atoms. The summed E-state index contributed by atoms with van der Waals surface area (Å²) in [5, 5.41) is 0. The van der Waals surface area contributed by atoms with Crippen LogP contribution in [0.4, 0.5) is 0 Å². The van der Waals surface area contributed by atoms with Gasteiger partial charge in [-0.15, -0.1) is 9.37 Å². The van der Waals surface area contributed by atoms with E-state index in [2.05, 4.69) is 41.3 Å². The molecule has 0 aliphatic rings. The molecular formula is C45H49N2O6P3. The molecule has 0 spiro atoms. The quantitative estimate of drug-likeness (QED) is 0.0867. The SMILES string of the molecule is CC(C)OP(N=P(NP(Oc1ccc(-c2ccccc2)cc1)OC(C)C)(Oc1ccc(-c2ccccc2)cc1)OC(C)C)Oc1ccc(-c2ccccc2)cc1. The summed E-state index contributed by atoms with van der Waals surface area (Å²) in [5.41, 5.74) is 6.53. The Labute approximate surface area is 334 Å². The van der Waals surface area contributed by atoms with Gasteiger partial charge in [-0.3, -0.25) is 4.52 Å². The second-order valence-electron chi connectivity index (χ2n) is 13.6. The monoisotopic (exact) mass is 806 g/mol. The number of nitrogens with zero attached hydrogens (tertiary/aromatic N) is 1. The highest BCUT2D eigenvalue weighted by Gasteiger charge is 2.36. The molecule has 1 N–H and O–H groups in total. The van der Waals surface area contributed by atoms with Crippen LogP contribution in [0.1, 0.15) is 41.5 Å². The maximum Gasteiger partial charge on any atom is 0.378 e. The first kappa shape index (κ1) is 41.3. The third-order valence-electron chi connectivity index (χ3n) is 7.85. The van der Waals surface area contributed by atoms with E-state index < -0.39 is 24.7 Å². The molecule has 6 aromatic rings. The summed E-state index contributed by atoms with van der Waals surface area (Å²) in [6, 6.07) is 54.3. The molecule has 11 heteroatoms. The van der Waals surface area contributed by atoms with Gasteiger partial charge in [-0.05, 0) is 111 Å². The van der Waals surface area contributed by atoms with E-state index in [1.54, 1.807) is 0 Å². The van der Waals surface area contributed by atoms with Crippen LogP contribution < -0.4 is 18.4 Å². The zero-order valence-electron chi connectivity index (χ0n) is 32.6. The molecule has 0 aliphatic heterocycles. The van der Waals surface area contributed by atoms with E-state index >= 15 is 0 Å². The van der Waals surface area contributed by atoms with E-state index in [4.69, 9.17) is 31.7 Å². The maximum absolute atomic E-state index is 6.88. The van der Waals surface area contributed by atoms with Crippen molar-refractivity contribution in [1.82, 2.24) is 4.86 Å². The van der Waals surface area contributed by atoms with Gasteiger partial charge in [-0.2, -0.15) is 0 Å². The highest BCUT2D eigenvalue weighted by molar-refractivity contribution is 7.70. The number of nitrogens with one attached hydrogen (secondary N) is 1. The van der Waals surface area contributed by atoms with Gasteiger partial charge in [0, 0.05) is 0 Å².